The van der Waals surface area contributed by atoms with Crippen molar-refractivity contribution < 1.29 is 9.53 Å². The Balaban J connectivity index is 1.61. The number of hydrogen-bond acceptors (Lipinski definition) is 4. The molecule has 0 saturated heterocycles. The van der Waals surface area contributed by atoms with Gasteiger partial charge in [-0.15, -0.1) is 0 Å². The Hall–Kier alpha value is -3.34. The lowest BCUT2D eigenvalue weighted by atomic mass is 10.1. The van der Waals surface area contributed by atoms with Gasteiger partial charge in [0, 0.05) is 30.3 Å². The number of para-hydroxylation sites is 1. The van der Waals surface area contributed by atoms with Gasteiger partial charge in [-0.25, -0.2) is 0 Å². The first kappa shape index (κ1) is 19.0. The second-order valence-electron chi connectivity index (χ2n) is 7.23. The summed E-state index contributed by atoms with van der Waals surface area (Å²) in [6, 6.07) is 19.7. The largest absolute Gasteiger partial charge is 0.497 e. The number of pyridine rings is 1. The molecule has 4 rings (SSSR count). The van der Waals surface area contributed by atoms with E-state index in [0.29, 0.717) is 6.54 Å². The van der Waals surface area contributed by atoms with E-state index >= 15 is 0 Å². The van der Waals surface area contributed by atoms with Crippen LogP contribution in [-0.2, 0) is 17.8 Å². The Labute approximate surface area is 171 Å². The van der Waals surface area contributed by atoms with Crippen molar-refractivity contribution in [3.05, 3.63) is 84.2 Å². The molecule has 5 nitrogen and oxygen atoms in total. The molecule has 0 N–H and O–H groups in total. The number of benzene rings is 2. The summed E-state index contributed by atoms with van der Waals surface area (Å²) in [4.78, 5) is 21.8. The number of aromatic nitrogens is 1. The van der Waals surface area contributed by atoms with Gasteiger partial charge in [0.1, 0.15) is 11.8 Å². The van der Waals surface area contributed by atoms with Crippen LogP contribution >= 0.6 is 0 Å². The van der Waals surface area contributed by atoms with Crippen LogP contribution in [0.3, 0.4) is 0 Å². The number of ether oxygens (including phenoxy) is 1. The summed E-state index contributed by atoms with van der Waals surface area (Å²) in [6.45, 7) is 3.35. The average molecular weight is 387 g/mol. The molecular weight excluding hydrogens is 362 g/mol. The number of nitrogens with zero attached hydrogens (tertiary/aromatic N) is 3. The van der Waals surface area contributed by atoms with E-state index in [2.05, 4.69) is 28.1 Å². The highest BCUT2D eigenvalue weighted by molar-refractivity contribution is 5.99. The molecule has 1 aliphatic rings. The highest BCUT2D eigenvalue weighted by atomic mass is 16.5. The fourth-order valence-corrected chi connectivity index (χ4v) is 3.86. The highest BCUT2D eigenvalue weighted by Crippen LogP contribution is 2.30. The Morgan fingerprint density at radius 1 is 1.10 bits per heavy atom. The predicted molar refractivity (Wildman–Crippen MR) is 115 cm³/mol. The van der Waals surface area contributed by atoms with Crippen molar-refractivity contribution in [1.29, 1.82) is 0 Å². The number of methoxy groups -OCH3 is 1. The van der Waals surface area contributed by atoms with Crippen molar-refractivity contribution >= 4 is 17.3 Å². The smallest absolute Gasteiger partial charge is 0.249 e. The van der Waals surface area contributed by atoms with Gasteiger partial charge in [0.25, 0.3) is 0 Å². The Bertz CT molecular complexity index is 973. The van der Waals surface area contributed by atoms with E-state index in [-0.39, 0.29) is 11.9 Å². The zero-order valence-corrected chi connectivity index (χ0v) is 16.8. The van der Waals surface area contributed by atoms with E-state index in [1.165, 1.54) is 5.56 Å². The Morgan fingerprint density at radius 2 is 1.83 bits per heavy atom. The summed E-state index contributed by atoms with van der Waals surface area (Å²) >= 11 is 0. The zero-order valence-electron chi connectivity index (χ0n) is 16.8. The lowest BCUT2D eigenvalue weighted by Crippen LogP contribution is -2.46. The Morgan fingerprint density at radius 3 is 2.55 bits per heavy atom. The molecule has 1 atom stereocenters. The van der Waals surface area contributed by atoms with Crippen molar-refractivity contribution in [3.8, 4) is 5.75 Å². The molecule has 0 spiro atoms. The topological polar surface area (TPSA) is 45.7 Å². The van der Waals surface area contributed by atoms with Crippen LogP contribution in [0.15, 0.2) is 73.1 Å². The van der Waals surface area contributed by atoms with Gasteiger partial charge in [-0.3, -0.25) is 9.78 Å². The summed E-state index contributed by atoms with van der Waals surface area (Å²) in [5.74, 6) is 0.876. The van der Waals surface area contributed by atoms with Crippen LogP contribution in [0, 0.1) is 0 Å². The maximum Gasteiger partial charge on any atom is 0.249 e. The summed E-state index contributed by atoms with van der Waals surface area (Å²) in [5, 5.41) is 0. The molecule has 1 unspecified atom stereocenters. The van der Waals surface area contributed by atoms with Crippen molar-refractivity contribution in [1.82, 2.24) is 4.98 Å². The van der Waals surface area contributed by atoms with Gasteiger partial charge in [0.15, 0.2) is 0 Å². The monoisotopic (exact) mass is 387 g/mol. The van der Waals surface area contributed by atoms with Crippen LogP contribution in [0.4, 0.5) is 11.4 Å². The number of rotatable bonds is 6. The first-order valence-electron chi connectivity index (χ1n) is 9.86. The molecule has 5 heteroatoms. The van der Waals surface area contributed by atoms with Crippen LogP contribution in [0.25, 0.3) is 0 Å². The minimum atomic E-state index is -0.259. The molecule has 29 heavy (non-hydrogen) atoms. The maximum atomic E-state index is 13.6. The van der Waals surface area contributed by atoms with E-state index in [4.69, 9.17) is 4.74 Å². The standard InChI is InChI=1S/C24H25N3O2/c1-18(26-16-13-20-5-3-4-6-23(20)26)24(28)27(21-11-14-25-15-12-21)17-19-7-9-22(29-2)10-8-19/h3-12,14-15,18H,13,16-17H2,1-2H3. The molecule has 1 aliphatic heterocycles. The SMILES string of the molecule is COc1ccc(CN(C(=O)C(C)N2CCc3ccccc32)c2ccncc2)cc1. The number of hydrogen-bond donors (Lipinski definition) is 0. The van der Waals surface area contributed by atoms with Crippen LogP contribution < -0.4 is 14.5 Å². The molecule has 0 aliphatic carbocycles. The van der Waals surface area contributed by atoms with Gasteiger partial charge in [-0.1, -0.05) is 30.3 Å². The predicted octanol–water partition coefficient (Wildman–Crippen LogP) is 4.07. The van der Waals surface area contributed by atoms with Crippen LogP contribution in [0.2, 0.25) is 0 Å². The summed E-state index contributed by atoms with van der Waals surface area (Å²) in [5.41, 5.74) is 4.36. The number of fused-ring (bicyclic) bond motifs is 1. The van der Waals surface area contributed by atoms with E-state index < -0.39 is 0 Å². The normalized spacial score (nSPS) is 13.7. The van der Waals surface area contributed by atoms with Gasteiger partial charge in [-0.05, 0) is 54.8 Å². The third-order valence-electron chi connectivity index (χ3n) is 5.49. The summed E-state index contributed by atoms with van der Waals surface area (Å²) < 4.78 is 5.25. The van der Waals surface area contributed by atoms with Gasteiger partial charge in [0.05, 0.1) is 13.7 Å². The fourth-order valence-electron chi connectivity index (χ4n) is 3.86. The Kier molecular flexibility index (Phi) is 5.47. The van der Waals surface area contributed by atoms with Crippen molar-refractivity contribution in [2.75, 3.05) is 23.5 Å². The molecule has 2 heterocycles. The van der Waals surface area contributed by atoms with Gasteiger partial charge in [-0.2, -0.15) is 0 Å². The molecular formula is C24H25N3O2. The maximum absolute atomic E-state index is 13.6. The molecule has 0 fully saturated rings. The average Bonchev–Trinajstić information content (AvgIpc) is 3.21. The summed E-state index contributed by atoms with van der Waals surface area (Å²) in [7, 11) is 1.65. The van der Waals surface area contributed by atoms with Crippen molar-refractivity contribution in [2.24, 2.45) is 0 Å². The molecule has 2 aromatic carbocycles. The second-order valence-corrected chi connectivity index (χ2v) is 7.23. The van der Waals surface area contributed by atoms with Gasteiger partial charge >= 0.3 is 0 Å². The number of amides is 1. The molecule has 0 radical (unpaired) electrons. The minimum Gasteiger partial charge on any atom is -0.497 e. The number of anilines is 2. The van der Waals surface area contributed by atoms with E-state index in [9.17, 15) is 4.79 Å². The zero-order chi connectivity index (χ0) is 20.2. The molecule has 0 saturated carbocycles. The molecule has 0 bridgehead atoms. The first-order valence-corrected chi connectivity index (χ1v) is 9.86. The number of carbonyl (C=O) groups is 1. The molecule has 1 amide bonds. The lowest BCUT2D eigenvalue weighted by molar-refractivity contribution is -0.119. The quantitative estimate of drug-likeness (QED) is 0.640. The van der Waals surface area contributed by atoms with Crippen LogP contribution in [0.1, 0.15) is 18.1 Å². The van der Waals surface area contributed by atoms with Gasteiger partial charge in [0.2, 0.25) is 5.91 Å². The molecule has 3 aromatic rings. The van der Waals surface area contributed by atoms with Crippen molar-refractivity contribution in [3.63, 3.8) is 0 Å². The van der Waals surface area contributed by atoms with Crippen LogP contribution in [0.5, 0.6) is 5.75 Å². The van der Waals surface area contributed by atoms with Gasteiger partial charge < -0.3 is 14.5 Å². The van der Waals surface area contributed by atoms with Crippen molar-refractivity contribution in [2.45, 2.75) is 25.9 Å². The second kappa shape index (κ2) is 8.35. The van der Waals surface area contributed by atoms with Crippen LogP contribution in [-0.4, -0.2) is 30.6 Å². The van der Waals surface area contributed by atoms with E-state index in [1.807, 2.05) is 54.3 Å². The third-order valence-corrected chi connectivity index (χ3v) is 5.49. The highest BCUT2D eigenvalue weighted by Gasteiger charge is 2.31. The molecule has 1 aromatic heterocycles. The fraction of sp³-hybridized carbons (Fsp3) is 0.250. The third kappa shape index (κ3) is 3.94. The summed E-state index contributed by atoms with van der Waals surface area (Å²) in [6.07, 6.45) is 4.42. The van der Waals surface area contributed by atoms with E-state index in [1.54, 1.807) is 19.5 Å². The molecule has 148 valence electrons. The number of carbonyl (C=O) groups excluding carboxylic acids is 1. The van der Waals surface area contributed by atoms with E-state index in [0.717, 1.165) is 35.7 Å². The lowest BCUT2D eigenvalue weighted by Gasteiger charge is -2.32. The first-order chi connectivity index (χ1) is 14.2. The minimum absolute atomic E-state index is 0.0729.